The zero-order chi connectivity index (χ0) is 16.4. The minimum atomic E-state index is -0.462. The summed E-state index contributed by atoms with van der Waals surface area (Å²) in [7, 11) is 0. The molecule has 6 heteroatoms. The highest BCUT2D eigenvalue weighted by molar-refractivity contribution is 5.92. The van der Waals surface area contributed by atoms with Gasteiger partial charge in [-0.3, -0.25) is 10.0 Å². The molecule has 120 valence electrons. The molecule has 1 unspecified atom stereocenters. The van der Waals surface area contributed by atoms with Gasteiger partial charge in [-0.05, 0) is 48.4 Å². The summed E-state index contributed by atoms with van der Waals surface area (Å²) < 4.78 is 6.00. The van der Waals surface area contributed by atoms with Gasteiger partial charge >= 0.3 is 0 Å². The van der Waals surface area contributed by atoms with Crippen LogP contribution >= 0.6 is 0 Å². The van der Waals surface area contributed by atoms with Crippen LogP contribution in [0, 0.1) is 0 Å². The van der Waals surface area contributed by atoms with Crippen molar-refractivity contribution in [3.8, 4) is 5.75 Å². The number of nitrogens with two attached hydrogens (primary N) is 1. The molecule has 6 nitrogen and oxygen atoms in total. The van der Waals surface area contributed by atoms with Gasteiger partial charge in [0.1, 0.15) is 24.1 Å². The Hall–Kier alpha value is -2.57. The average molecular weight is 314 g/mol. The third kappa shape index (κ3) is 3.13. The van der Waals surface area contributed by atoms with Gasteiger partial charge in [-0.2, -0.15) is 0 Å². The van der Waals surface area contributed by atoms with Gasteiger partial charge in [-0.15, -0.1) is 5.23 Å². The van der Waals surface area contributed by atoms with Gasteiger partial charge in [0.15, 0.2) is 0 Å². The average Bonchev–Trinajstić information content (AvgIpc) is 2.93. The fraction of sp³-hybridized carbons (Fsp3) is 0.235. The summed E-state index contributed by atoms with van der Waals surface area (Å²) in [5.74, 6) is 0.207. The summed E-state index contributed by atoms with van der Waals surface area (Å²) in [6.45, 7) is 2.37. The highest BCUT2D eigenvalue weighted by Crippen LogP contribution is 2.32. The van der Waals surface area contributed by atoms with E-state index in [1.807, 2.05) is 19.1 Å². The Bertz CT molecular complexity index is 715. The van der Waals surface area contributed by atoms with Gasteiger partial charge in [0, 0.05) is 11.1 Å². The van der Waals surface area contributed by atoms with Crippen molar-refractivity contribution >= 4 is 11.6 Å². The number of benzene rings is 2. The van der Waals surface area contributed by atoms with Crippen LogP contribution in [0.2, 0.25) is 0 Å². The lowest BCUT2D eigenvalue weighted by Crippen LogP contribution is -2.11. The van der Waals surface area contributed by atoms with E-state index in [1.165, 1.54) is 0 Å². The summed E-state index contributed by atoms with van der Waals surface area (Å²) in [4.78, 5) is 16.1. The maximum Gasteiger partial charge on any atom is 0.248 e. The zero-order valence-electron chi connectivity index (χ0n) is 12.7. The molecule has 0 spiro atoms. The van der Waals surface area contributed by atoms with Gasteiger partial charge in [-0.25, -0.2) is 4.84 Å². The molecule has 2 aromatic carbocycles. The fourth-order valence-corrected chi connectivity index (χ4v) is 2.56. The molecule has 2 aromatic rings. The van der Waals surface area contributed by atoms with Gasteiger partial charge in [0.2, 0.25) is 5.91 Å². The number of carbonyl (C=O) groups excluding carboxylic acids is 1. The monoisotopic (exact) mass is 314 g/mol. The number of primary amides is 1. The van der Waals surface area contributed by atoms with Crippen LogP contribution in [0.25, 0.3) is 0 Å². The first-order valence-electron chi connectivity index (χ1n) is 7.39. The standard InChI is InChI=1S/C17H18N2O4/c1-2-16(23-14-6-3-11(4-7-14)17(18)20)12-5-8-15-13(9-12)10-22-19(15)21/h3-9,16,21H,2,10H2,1H3,(H2,18,20). The minimum absolute atomic E-state index is 0.132. The molecule has 0 fully saturated rings. The molecule has 3 N–H and O–H groups in total. The number of anilines is 1. The van der Waals surface area contributed by atoms with Crippen LogP contribution in [0.1, 0.15) is 40.9 Å². The van der Waals surface area contributed by atoms with Gasteiger partial charge in [0.05, 0.1) is 0 Å². The molecule has 0 saturated carbocycles. The first-order chi connectivity index (χ1) is 11.1. The van der Waals surface area contributed by atoms with Crippen LogP contribution in [0.15, 0.2) is 42.5 Å². The van der Waals surface area contributed by atoms with E-state index >= 15 is 0 Å². The van der Waals surface area contributed by atoms with E-state index in [2.05, 4.69) is 0 Å². The summed E-state index contributed by atoms with van der Waals surface area (Å²) >= 11 is 0. The summed E-state index contributed by atoms with van der Waals surface area (Å²) in [6.07, 6.45) is 0.646. The predicted octanol–water partition coefficient (Wildman–Crippen LogP) is 2.96. The van der Waals surface area contributed by atoms with E-state index in [-0.39, 0.29) is 6.10 Å². The SMILES string of the molecule is CCC(Oc1ccc(C(N)=O)cc1)c1ccc2c(c1)CON2O. The Morgan fingerprint density at radius 1 is 1.35 bits per heavy atom. The molecular weight excluding hydrogens is 296 g/mol. The predicted molar refractivity (Wildman–Crippen MR) is 84.1 cm³/mol. The Kier molecular flexibility index (Phi) is 4.18. The number of ether oxygens (including phenoxy) is 1. The van der Waals surface area contributed by atoms with Crippen LogP contribution < -0.4 is 15.7 Å². The van der Waals surface area contributed by atoms with Crippen LogP contribution in [-0.2, 0) is 11.4 Å². The molecule has 1 heterocycles. The third-order valence-electron chi connectivity index (χ3n) is 3.81. The van der Waals surface area contributed by atoms with E-state index in [4.69, 9.17) is 15.3 Å². The Labute approximate surface area is 133 Å². The van der Waals surface area contributed by atoms with Crippen LogP contribution in [0.5, 0.6) is 5.75 Å². The molecule has 0 bridgehead atoms. The number of hydrogen-bond donors (Lipinski definition) is 2. The second kappa shape index (κ2) is 6.28. The zero-order valence-corrected chi connectivity index (χ0v) is 12.7. The third-order valence-corrected chi connectivity index (χ3v) is 3.81. The molecule has 0 aliphatic carbocycles. The van der Waals surface area contributed by atoms with Crippen molar-refractivity contribution in [1.82, 2.24) is 0 Å². The van der Waals surface area contributed by atoms with Crippen molar-refractivity contribution in [3.05, 3.63) is 59.2 Å². The first kappa shape index (κ1) is 15.3. The van der Waals surface area contributed by atoms with Crippen molar-refractivity contribution in [2.75, 3.05) is 5.23 Å². The van der Waals surface area contributed by atoms with E-state index < -0.39 is 5.91 Å². The second-order valence-corrected chi connectivity index (χ2v) is 5.34. The van der Waals surface area contributed by atoms with Gasteiger partial charge in [0.25, 0.3) is 0 Å². The van der Waals surface area contributed by atoms with Crippen molar-refractivity contribution in [2.24, 2.45) is 5.73 Å². The Morgan fingerprint density at radius 2 is 2.09 bits per heavy atom. The highest BCUT2D eigenvalue weighted by Gasteiger charge is 2.21. The number of fused-ring (bicyclic) bond motifs is 1. The minimum Gasteiger partial charge on any atom is -0.486 e. The number of hydrogen-bond acceptors (Lipinski definition) is 5. The summed E-state index contributed by atoms with van der Waals surface area (Å²) in [5, 5.41) is 10.3. The normalized spacial score (nSPS) is 14.4. The van der Waals surface area contributed by atoms with Crippen molar-refractivity contribution in [3.63, 3.8) is 0 Å². The van der Waals surface area contributed by atoms with Crippen LogP contribution in [0.3, 0.4) is 0 Å². The van der Waals surface area contributed by atoms with E-state index in [0.29, 0.717) is 23.6 Å². The number of carbonyl (C=O) groups is 1. The highest BCUT2D eigenvalue weighted by atomic mass is 16.9. The molecule has 1 aliphatic rings. The smallest absolute Gasteiger partial charge is 0.248 e. The summed E-state index contributed by atoms with van der Waals surface area (Å²) in [5.41, 5.74) is 8.24. The molecular formula is C17H18N2O4. The van der Waals surface area contributed by atoms with Crippen molar-refractivity contribution in [2.45, 2.75) is 26.1 Å². The van der Waals surface area contributed by atoms with E-state index in [0.717, 1.165) is 22.8 Å². The van der Waals surface area contributed by atoms with E-state index in [1.54, 1.807) is 30.3 Å². The largest absolute Gasteiger partial charge is 0.486 e. The van der Waals surface area contributed by atoms with Crippen molar-refractivity contribution in [1.29, 1.82) is 0 Å². The lowest BCUT2D eigenvalue weighted by molar-refractivity contribution is -0.0329. The second-order valence-electron chi connectivity index (χ2n) is 5.34. The number of rotatable bonds is 5. The quantitative estimate of drug-likeness (QED) is 0.886. The van der Waals surface area contributed by atoms with Crippen molar-refractivity contribution < 1.29 is 19.6 Å². The van der Waals surface area contributed by atoms with Crippen LogP contribution in [-0.4, -0.2) is 11.1 Å². The van der Waals surface area contributed by atoms with Gasteiger partial charge < -0.3 is 10.5 Å². The fourth-order valence-electron chi connectivity index (χ4n) is 2.56. The van der Waals surface area contributed by atoms with E-state index in [9.17, 15) is 10.0 Å². The lowest BCUT2D eigenvalue weighted by Gasteiger charge is -2.19. The molecule has 0 aromatic heterocycles. The summed E-state index contributed by atoms with van der Waals surface area (Å²) in [6, 6.07) is 12.4. The lowest BCUT2D eigenvalue weighted by atomic mass is 10.0. The maximum atomic E-state index is 11.1. The first-order valence-corrected chi connectivity index (χ1v) is 7.39. The molecule has 1 amide bonds. The Morgan fingerprint density at radius 3 is 2.74 bits per heavy atom. The molecule has 0 saturated heterocycles. The molecule has 3 rings (SSSR count). The molecule has 0 radical (unpaired) electrons. The molecule has 1 aliphatic heterocycles. The van der Waals surface area contributed by atoms with Gasteiger partial charge in [-0.1, -0.05) is 13.0 Å². The topological polar surface area (TPSA) is 85.0 Å². The number of nitrogens with zero attached hydrogens (tertiary/aromatic N) is 1. The Balaban J connectivity index is 1.79. The number of amides is 1. The molecule has 1 atom stereocenters. The maximum absolute atomic E-state index is 11.1. The van der Waals surface area contributed by atoms with Crippen LogP contribution in [0.4, 0.5) is 5.69 Å². The molecule has 23 heavy (non-hydrogen) atoms.